The van der Waals surface area contributed by atoms with Gasteiger partial charge in [0.2, 0.25) is 11.8 Å². The van der Waals surface area contributed by atoms with Gasteiger partial charge in [0, 0.05) is 35.4 Å². The number of rotatable bonds is 15. The van der Waals surface area contributed by atoms with Gasteiger partial charge in [-0.05, 0) is 84.3 Å². The molecular weight excluding hydrogens is 827 g/mol. The standard InChI is InChI=1S/C42H59N7O10S2/c1-12-24-20-42(24,36(52)48-61(54,55)59-41(10)15-16-41)47-34(50)31-18-26(21-49(31)35(51)33(39(4,5)6)46-38(53)58-40(7,8)9)57-32-19-29(30-22-60-37(45-30)43-23(2)3)44-28-17-25(56-11)13-14-27(28)32/h13-14,17,19,22-24,26,31,33H,12,15-16,18,20-21H2,1-11H3,(H,43,45)(H,46,53)(H,47,50)(H,48,52)/t24?,26-,31?,33?,42-/m1/s1. The molecule has 3 fully saturated rings. The molecule has 3 aliphatic rings. The zero-order valence-corrected chi connectivity index (χ0v) is 38.4. The summed E-state index contributed by atoms with van der Waals surface area (Å²) in [6.45, 7) is 17.9. The molecule has 3 aromatic rings. The normalized spacial score (nSPS) is 22.6. The molecule has 1 aromatic carbocycles. The van der Waals surface area contributed by atoms with E-state index >= 15 is 0 Å². The number of likely N-dealkylation sites (tertiary alicyclic amines) is 1. The van der Waals surface area contributed by atoms with Crippen LogP contribution in [0.2, 0.25) is 0 Å². The van der Waals surface area contributed by atoms with Crippen LogP contribution in [0.25, 0.3) is 22.3 Å². The number of amides is 4. The Kier molecular flexibility index (Phi) is 12.6. The fourth-order valence-electron chi connectivity index (χ4n) is 7.39. The Morgan fingerprint density at radius 2 is 1.74 bits per heavy atom. The van der Waals surface area contributed by atoms with Gasteiger partial charge in [-0.1, -0.05) is 34.1 Å². The minimum Gasteiger partial charge on any atom is -0.497 e. The molecule has 2 aliphatic carbocycles. The second kappa shape index (κ2) is 16.8. The number of hydrogen-bond acceptors (Lipinski definition) is 14. The summed E-state index contributed by atoms with van der Waals surface area (Å²) in [4.78, 5) is 67.3. The van der Waals surface area contributed by atoms with Crippen LogP contribution in [-0.4, -0.2) is 102 Å². The second-order valence-corrected chi connectivity index (χ2v) is 21.0. The number of carbonyl (C=O) groups excluding carboxylic acids is 4. The van der Waals surface area contributed by atoms with E-state index < -0.39 is 74.5 Å². The first kappa shape index (κ1) is 45.8. The molecule has 17 nitrogen and oxygen atoms in total. The van der Waals surface area contributed by atoms with E-state index in [1.54, 1.807) is 73.8 Å². The Hall–Kier alpha value is -4.75. The van der Waals surface area contributed by atoms with Crippen molar-refractivity contribution in [3.05, 3.63) is 29.6 Å². The maximum Gasteiger partial charge on any atom is 0.408 e. The summed E-state index contributed by atoms with van der Waals surface area (Å²) in [5, 5.41) is 12.2. The average molecular weight is 886 g/mol. The first-order valence-electron chi connectivity index (χ1n) is 20.6. The van der Waals surface area contributed by atoms with Gasteiger partial charge in [0.25, 0.3) is 5.91 Å². The van der Waals surface area contributed by atoms with Crippen LogP contribution < -0.4 is 30.1 Å². The number of nitrogens with one attached hydrogen (secondary N) is 4. The van der Waals surface area contributed by atoms with E-state index in [2.05, 4.69) is 16.0 Å². The van der Waals surface area contributed by atoms with Crippen molar-refractivity contribution < 1.29 is 46.0 Å². The van der Waals surface area contributed by atoms with Gasteiger partial charge in [-0.2, -0.15) is 8.42 Å². The Morgan fingerprint density at radius 1 is 1.03 bits per heavy atom. The number of benzene rings is 1. The van der Waals surface area contributed by atoms with Crippen LogP contribution in [0, 0.1) is 11.3 Å². The molecule has 3 unspecified atom stereocenters. The van der Waals surface area contributed by atoms with Gasteiger partial charge < -0.3 is 35.1 Å². The zero-order valence-electron chi connectivity index (χ0n) is 36.8. The molecule has 6 rings (SSSR count). The van der Waals surface area contributed by atoms with Crippen LogP contribution in [0.5, 0.6) is 11.5 Å². The van der Waals surface area contributed by atoms with Crippen LogP contribution in [0.4, 0.5) is 9.93 Å². The van der Waals surface area contributed by atoms with Gasteiger partial charge in [-0.3, -0.25) is 14.4 Å². The molecule has 1 saturated heterocycles. The molecule has 5 atom stereocenters. The summed E-state index contributed by atoms with van der Waals surface area (Å²) >= 11 is 1.44. The molecule has 3 heterocycles. The number of methoxy groups -OCH3 is 1. The number of carbonyl (C=O) groups is 4. The number of aromatic nitrogens is 2. The van der Waals surface area contributed by atoms with Crippen molar-refractivity contribution in [2.45, 2.75) is 142 Å². The predicted octanol–water partition coefficient (Wildman–Crippen LogP) is 5.69. The summed E-state index contributed by atoms with van der Waals surface area (Å²) in [5.41, 5.74) is -2.44. The lowest BCUT2D eigenvalue weighted by Crippen LogP contribution is -2.60. The first-order chi connectivity index (χ1) is 28.3. The molecule has 0 radical (unpaired) electrons. The fraction of sp³-hybridized carbons (Fsp3) is 0.619. The van der Waals surface area contributed by atoms with Crippen molar-refractivity contribution in [3.63, 3.8) is 0 Å². The fourth-order valence-corrected chi connectivity index (χ4v) is 9.39. The number of ether oxygens (including phenoxy) is 3. The van der Waals surface area contributed by atoms with Crippen molar-refractivity contribution in [2.75, 3.05) is 19.0 Å². The van der Waals surface area contributed by atoms with Crippen LogP contribution >= 0.6 is 11.3 Å². The number of nitrogens with zero attached hydrogens (tertiary/aromatic N) is 3. The summed E-state index contributed by atoms with van der Waals surface area (Å²) in [6, 6.07) is 4.96. The summed E-state index contributed by atoms with van der Waals surface area (Å²) in [5.74, 6) is -1.55. The number of anilines is 1. The molecule has 19 heteroatoms. The third-order valence-corrected chi connectivity index (χ3v) is 12.7. The third kappa shape index (κ3) is 10.8. The van der Waals surface area contributed by atoms with Crippen molar-refractivity contribution in [2.24, 2.45) is 11.3 Å². The molecule has 2 saturated carbocycles. The van der Waals surface area contributed by atoms with Crippen LogP contribution in [0.1, 0.15) is 101 Å². The van der Waals surface area contributed by atoms with Gasteiger partial charge in [-0.25, -0.2) is 23.7 Å². The smallest absolute Gasteiger partial charge is 0.408 e. The predicted molar refractivity (Wildman–Crippen MR) is 230 cm³/mol. The molecule has 1 aliphatic heterocycles. The summed E-state index contributed by atoms with van der Waals surface area (Å²) in [6.07, 6.45) is 0.116. The van der Waals surface area contributed by atoms with Crippen molar-refractivity contribution in [1.82, 2.24) is 30.2 Å². The lowest BCUT2D eigenvalue weighted by molar-refractivity contribution is -0.143. The number of pyridine rings is 1. The topological polar surface area (TPSA) is 216 Å². The quantitative estimate of drug-likeness (QED) is 0.145. The van der Waals surface area contributed by atoms with Crippen molar-refractivity contribution in [1.29, 1.82) is 0 Å². The van der Waals surface area contributed by atoms with E-state index in [1.807, 2.05) is 36.9 Å². The maximum atomic E-state index is 14.8. The van der Waals surface area contributed by atoms with Crippen LogP contribution in [0.15, 0.2) is 29.6 Å². The largest absolute Gasteiger partial charge is 0.497 e. The Labute approximate surface area is 361 Å². The van der Waals surface area contributed by atoms with Crippen LogP contribution in [-0.2, 0) is 33.6 Å². The number of fused-ring (bicyclic) bond motifs is 1. The molecule has 2 aromatic heterocycles. The molecule has 4 amide bonds. The zero-order chi connectivity index (χ0) is 44.9. The molecule has 4 N–H and O–H groups in total. The maximum absolute atomic E-state index is 14.8. The lowest BCUT2D eigenvalue weighted by Gasteiger charge is -2.36. The number of hydrogen-bond donors (Lipinski definition) is 4. The van der Waals surface area contributed by atoms with E-state index in [0.717, 1.165) is 5.13 Å². The monoisotopic (exact) mass is 885 g/mol. The lowest BCUT2D eigenvalue weighted by atomic mass is 9.85. The molecule has 334 valence electrons. The minimum absolute atomic E-state index is 0.0103. The Morgan fingerprint density at radius 3 is 2.33 bits per heavy atom. The minimum atomic E-state index is -4.48. The second-order valence-electron chi connectivity index (χ2n) is 18.8. The van der Waals surface area contributed by atoms with E-state index in [1.165, 1.54) is 16.2 Å². The van der Waals surface area contributed by atoms with E-state index in [-0.39, 0.29) is 31.3 Å². The first-order valence-corrected chi connectivity index (χ1v) is 22.9. The van der Waals surface area contributed by atoms with Gasteiger partial charge in [-0.15, -0.1) is 11.3 Å². The highest BCUT2D eigenvalue weighted by molar-refractivity contribution is 7.85. The molecule has 0 spiro atoms. The summed E-state index contributed by atoms with van der Waals surface area (Å²) in [7, 11) is -2.92. The highest BCUT2D eigenvalue weighted by Gasteiger charge is 2.62. The Balaban J connectivity index is 1.34. The molecule has 61 heavy (non-hydrogen) atoms. The summed E-state index contributed by atoms with van der Waals surface area (Å²) < 4.78 is 50.8. The van der Waals surface area contributed by atoms with Crippen molar-refractivity contribution >= 4 is 61.5 Å². The average Bonchev–Trinajstić information content (AvgIpc) is 3.91. The molecular formula is C42H59N7O10S2. The van der Waals surface area contributed by atoms with E-state index in [0.29, 0.717) is 53.1 Å². The van der Waals surface area contributed by atoms with Gasteiger partial charge in [0.05, 0.1) is 30.5 Å². The Bertz CT molecular complexity index is 2280. The van der Waals surface area contributed by atoms with E-state index in [9.17, 15) is 27.6 Å². The molecule has 0 bridgehead atoms. The SMILES string of the molecule is CCC1C[C@]1(NC(=O)C1C[C@@H](Oc2cc(-c3csc(NC(C)C)n3)nc3cc(OC)ccc23)CN1C(=O)C(NC(=O)OC(C)(C)C)C(C)(C)C)C(=O)NS(=O)(=O)OC1(C)CC1. The number of alkyl carbamates (subject to hydrolysis) is 1. The highest BCUT2D eigenvalue weighted by Crippen LogP contribution is 2.47. The van der Waals surface area contributed by atoms with Gasteiger partial charge in [0.1, 0.15) is 46.5 Å². The van der Waals surface area contributed by atoms with E-state index in [4.69, 9.17) is 28.4 Å². The van der Waals surface area contributed by atoms with Gasteiger partial charge in [0.15, 0.2) is 5.13 Å². The third-order valence-electron chi connectivity index (χ3n) is 10.9. The highest BCUT2D eigenvalue weighted by atomic mass is 32.2. The number of thiazole rings is 1. The van der Waals surface area contributed by atoms with Crippen LogP contribution in [0.3, 0.4) is 0 Å². The van der Waals surface area contributed by atoms with Gasteiger partial charge >= 0.3 is 16.4 Å². The van der Waals surface area contributed by atoms with Crippen molar-refractivity contribution in [3.8, 4) is 22.9 Å².